The normalized spacial score (nSPS) is 13.1. The SMILES string of the molecule is C=C1C=CC(CC(C)C)=CN1C.CC(C)CC1=CCN=C1.CC(C)Cc1cccc(C(N)=O)c1.CC(C)Cc1cnc[nH]1.Cc1cc(CC(C)C)ccc1F. The van der Waals surface area contributed by atoms with E-state index < -0.39 is 0 Å². The lowest BCUT2D eigenvalue weighted by atomic mass is 10.0. The summed E-state index contributed by atoms with van der Waals surface area (Å²) in [6.45, 7) is 28.6. The van der Waals surface area contributed by atoms with Crippen LogP contribution in [0.25, 0.3) is 0 Å². The van der Waals surface area contributed by atoms with Crippen LogP contribution in [-0.4, -0.2) is 40.6 Å². The fourth-order valence-corrected chi connectivity index (χ4v) is 5.75. The molecule has 6 nitrogen and oxygen atoms in total. The van der Waals surface area contributed by atoms with Gasteiger partial charge >= 0.3 is 0 Å². The second kappa shape index (κ2) is 26.3. The number of carbonyl (C=O) groups excluding carboxylic acids is 1. The van der Waals surface area contributed by atoms with Crippen molar-refractivity contribution in [2.45, 2.75) is 108 Å². The molecular formula is C48H72FN5O. The average molecular weight is 754 g/mol. The largest absolute Gasteiger partial charge is 0.366 e. The van der Waals surface area contributed by atoms with Gasteiger partial charge in [0.2, 0.25) is 5.91 Å². The van der Waals surface area contributed by atoms with Crippen LogP contribution in [0.5, 0.6) is 0 Å². The number of nitrogens with one attached hydrogen (secondary N) is 1. The van der Waals surface area contributed by atoms with Gasteiger partial charge in [-0.05, 0) is 121 Å². The lowest BCUT2D eigenvalue weighted by Crippen LogP contribution is -2.11. The highest BCUT2D eigenvalue weighted by atomic mass is 19.1. The number of H-pyrrole nitrogens is 1. The summed E-state index contributed by atoms with van der Waals surface area (Å²) in [6.07, 6.45) is 19.6. The summed E-state index contributed by atoms with van der Waals surface area (Å²) in [5.41, 5.74) is 14.0. The number of allylic oxidation sites excluding steroid dienone is 4. The molecule has 55 heavy (non-hydrogen) atoms. The number of aryl methyl sites for hydroxylation is 1. The Morgan fingerprint density at radius 1 is 0.818 bits per heavy atom. The zero-order valence-corrected chi connectivity index (χ0v) is 36.1. The van der Waals surface area contributed by atoms with E-state index in [0.29, 0.717) is 23.3 Å². The van der Waals surface area contributed by atoms with Gasteiger partial charge in [-0.1, -0.05) is 112 Å². The van der Waals surface area contributed by atoms with Gasteiger partial charge in [0.1, 0.15) is 5.82 Å². The number of benzene rings is 2. The van der Waals surface area contributed by atoms with Crippen LogP contribution in [0.2, 0.25) is 0 Å². The van der Waals surface area contributed by atoms with Gasteiger partial charge in [-0.15, -0.1) is 0 Å². The molecule has 0 saturated carbocycles. The molecule has 2 aromatic carbocycles. The first kappa shape index (κ1) is 48.5. The van der Waals surface area contributed by atoms with Crippen LogP contribution in [0, 0.1) is 42.3 Å². The summed E-state index contributed by atoms with van der Waals surface area (Å²) in [5, 5.41) is 0. The number of amides is 1. The Balaban J connectivity index is 0.000000346. The third-order valence-electron chi connectivity index (χ3n) is 8.21. The molecule has 3 heterocycles. The summed E-state index contributed by atoms with van der Waals surface area (Å²) in [7, 11) is 2.03. The number of likely N-dealkylation sites (N-methyl/N-ethyl adjacent to an activating group) is 1. The summed E-state index contributed by atoms with van der Waals surface area (Å²) in [5.74, 6) is 2.97. The van der Waals surface area contributed by atoms with E-state index in [1.165, 1.54) is 34.4 Å². The molecule has 0 radical (unpaired) electrons. The number of primary amides is 1. The van der Waals surface area contributed by atoms with Crippen LogP contribution in [-0.2, 0) is 19.3 Å². The monoisotopic (exact) mass is 754 g/mol. The summed E-state index contributed by atoms with van der Waals surface area (Å²) in [4.78, 5) is 24.0. The summed E-state index contributed by atoms with van der Waals surface area (Å²) in [6, 6.07) is 12.8. The van der Waals surface area contributed by atoms with Crippen molar-refractivity contribution in [3.63, 3.8) is 0 Å². The molecule has 302 valence electrons. The lowest BCUT2D eigenvalue weighted by molar-refractivity contribution is 0.1000. The lowest BCUT2D eigenvalue weighted by Gasteiger charge is -2.20. The van der Waals surface area contributed by atoms with E-state index in [9.17, 15) is 9.18 Å². The third-order valence-corrected chi connectivity index (χ3v) is 8.21. The van der Waals surface area contributed by atoms with Gasteiger partial charge in [-0.3, -0.25) is 9.79 Å². The molecule has 0 saturated heterocycles. The number of aromatic nitrogens is 2. The number of nitrogens with two attached hydrogens (primary N) is 1. The Morgan fingerprint density at radius 3 is 1.87 bits per heavy atom. The maximum atomic E-state index is 12.8. The second-order valence-corrected chi connectivity index (χ2v) is 16.6. The maximum absolute atomic E-state index is 12.8. The smallest absolute Gasteiger partial charge is 0.248 e. The zero-order chi connectivity index (χ0) is 41.5. The number of imidazole rings is 1. The van der Waals surface area contributed by atoms with Gasteiger partial charge < -0.3 is 15.6 Å². The number of carbonyl (C=O) groups is 1. The van der Waals surface area contributed by atoms with Crippen LogP contribution >= 0.6 is 0 Å². The van der Waals surface area contributed by atoms with Crippen LogP contribution in [0.4, 0.5) is 4.39 Å². The molecule has 3 N–H and O–H groups in total. The van der Waals surface area contributed by atoms with Crippen LogP contribution in [0.15, 0.2) is 108 Å². The summed E-state index contributed by atoms with van der Waals surface area (Å²) < 4.78 is 12.8. The molecule has 0 bridgehead atoms. The number of rotatable bonds is 11. The molecule has 1 amide bonds. The topological polar surface area (TPSA) is 87.4 Å². The first-order chi connectivity index (χ1) is 25.9. The predicted octanol–water partition coefficient (Wildman–Crippen LogP) is 11.9. The zero-order valence-electron chi connectivity index (χ0n) is 36.1. The highest BCUT2D eigenvalue weighted by Gasteiger charge is 2.06. The molecule has 2 aliphatic rings. The summed E-state index contributed by atoms with van der Waals surface area (Å²) >= 11 is 0. The minimum absolute atomic E-state index is 0.109. The van der Waals surface area contributed by atoms with Gasteiger partial charge in [0.05, 0.1) is 12.9 Å². The van der Waals surface area contributed by atoms with Crippen molar-refractivity contribution in [2.75, 3.05) is 13.6 Å². The number of aliphatic imine (C=N–C) groups is 1. The highest BCUT2D eigenvalue weighted by Crippen LogP contribution is 2.19. The van der Waals surface area contributed by atoms with Gasteiger partial charge in [-0.25, -0.2) is 9.37 Å². The van der Waals surface area contributed by atoms with Gasteiger partial charge in [0, 0.05) is 42.6 Å². The number of hydrogen-bond acceptors (Lipinski definition) is 4. The van der Waals surface area contributed by atoms with Gasteiger partial charge in [0.15, 0.2) is 0 Å². The maximum Gasteiger partial charge on any atom is 0.248 e. The second-order valence-electron chi connectivity index (χ2n) is 16.6. The molecule has 5 rings (SSSR count). The minimum atomic E-state index is -0.356. The molecule has 2 aliphatic heterocycles. The Bertz CT molecular complexity index is 1680. The highest BCUT2D eigenvalue weighted by molar-refractivity contribution is 5.92. The standard InChI is InChI=1S/C11H15F.C11H15NO.C11H17N.C8H13N.C7H12N2/c1-8(2)6-10-4-5-11(12)9(3)7-10;1-8(2)6-9-4-3-5-10(7-9)11(12)13;1-9(2)7-11-6-5-10(3)12(4)8-11;1-7(2)5-8-3-4-9-6-8;1-6(2)3-7-4-8-5-9-7/h4-5,7-8H,6H2,1-3H3;3-5,7-8H,6H2,1-2H3,(H2,12,13);5-6,8-9H,3,7H2,1-2,4H3;3,6-7H,4-5H2,1-2H3;4-6H,3H2,1-2H3,(H,8,9). The van der Waals surface area contributed by atoms with Crippen molar-refractivity contribution in [3.05, 3.63) is 137 Å². The molecular weight excluding hydrogens is 682 g/mol. The Kier molecular flexibility index (Phi) is 23.2. The van der Waals surface area contributed by atoms with E-state index in [1.54, 1.807) is 25.4 Å². The third kappa shape index (κ3) is 23.1. The predicted molar refractivity (Wildman–Crippen MR) is 235 cm³/mol. The van der Waals surface area contributed by atoms with Crippen molar-refractivity contribution in [1.82, 2.24) is 14.9 Å². The Hall–Kier alpha value is -4.52. The van der Waals surface area contributed by atoms with E-state index in [1.807, 2.05) is 49.8 Å². The molecule has 1 aromatic heterocycles. The average Bonchev–Trinajstić information content (AvgIpc) is 3.79. The molecule has 0 spiro atoms. The molecule has 7 heteroatoms. The van der Waals surface area contributed by atoms with Crippen LogP contribution in [0.1, 0.15) is 115 Å². The molecule has 0 atom stereocenters. The van der Waals surface area contributed by atoms with E-state index in [-0.39, 0.29) is 11.7 Å². The Labute approximate surface area is 334 Å². The van der Waals surface area contributed by atoms with Crippen LogP contribution in [0.3, 0.4) is 0 Å². The van der Waals surface area contributed by atoms with E-state index in [4.69, 9.17) is 5.73 Å². The first-order valence-electron chi connectivity index (χ1n) is 20.0. The van der Waals surface area contributed by atoms with Crippen molar-refractivity contribution >= 4 is 12.1 Å². The first-order valence-corrected chi connectivity index (χ1v) is 20.0. The van der Waals surface area contributed by atoms with E-state index in [0.717, 1.165) is 55.3 Å². The number of halogens is 1. The van der Waals surface area contributed by atoms with Crippen molar-refractivity contribution < 1.29 is 9.18 Å². The molecule has 0 fully saturated rings. The Morgan fingerprint density at radius 2 is 1.40 bits per heavy atom. The van der Waals surface area contributed by atoms with E-state index >= 15 is 0 Å². The fraction of sp³-hybridized carbons (Fsp3) is 0.479. The van der Waals surface area contributed by atoms with Crippen molar-refractivity contribution in [3.8, 4) is 0 Å². The van der Waals surface area contributed by atoms with Crippen LogP contribution < -0.4 is 5.73 Å². The molecule has 3 aromatic rings. The molecule has 0 unspecified atom stereocenters. The fourth-order valence-electron chi connectivity index (χ4n) is 5.75. The number of nitrogens with zero attached hydrogens (tertiary/aromatic N) is 3. The van der Waals surface area contributed by atoms with Gasteiger partial charge in [0.25, 0.3) is 0 Å². The van der Waals surface area contributed by atoms with Crippen molar-refractivity contribution in [2.24, 2.45) is 40.3 Å². The van der Waals surface area contributed by atoms with Crippen molar-refractivity contribution in [1.29, 1.82) is 0 Å². The number of aromatic amines is 1. The number of hydrogen-bond donors (Lipinski definition) is 2. The van der Waals surface area contributed by atoms with E-state index in [2.05, 4.69) is 120 Å². The molecule has 0 aliphatic carbocycles. The quantitative estimate of drug-likeness (QED) is 0.204. The van der Waals surface area contributed by atoms with Gasteiger partial charge in [-0.2, -0.15) is 0 Å². The minimum Gasteiger partial charge on any atom is -0.366 e.